The first-order valence-corrected chi connectivity index (χ1v) is 8.83. The monoisotopic (exact) mass is 359 g/mol. The van der Waals surface area contributed by atoms with Crippen LogP contribution in [0, 0.1) is 6.92 Å². The molecule has 1 fully saturated rings. The van der Waals surface area contributed by atoms with Crippen molar-refractivity contribution in [1.29, 1.82) is 0 Å². The Morgan fingerprint density at radius 3 is 3.04 bits per heavy atom. The van der Waals surface area contributed by atoms with Crippen molar-refractivity contribution in [3.05, 3.63) is 47.3 Å². The van der Waals surface area contributed by atoms with E-state index in [1.807, 2.05) is 42.2 Å². The molecule has 1 aromatic heterocycles. The number of hydrogen-bond donors (Lipinski definition) is 1. The van der Waals surface area contributed by atoms with E-state index in [0.717, 1.165) is 35.7 Å². The number of nitrogens with one attached hydrogen (secondary N) is 1. The summed E-state index contributed by atoms with van der Waals surface area (Å²) in [5.41, 5.74) is 1.86. The maximum Gasteiger partial charge on any atom is 0.317 e. The molecule has 1 unspecified atom stereocenters. The molecule has 2 amide bonds. The van der Waals surface area contributed by atoms with Gasteiger partial charge in [0.05, 0.1) is 26.0 Å². The van der Waals surface area contributed by atoms with Crippen molar-refractivity contribution in [1.82, 2.24) is 15.4 Å². The molecule has 2 heterocycles. The molecular formula is C19H25N3O4. The lowest BCUT2D eigenvalue weighted by Gasteiger charge is -2.17. The van der Waals surface area contributed by atoms with E-state index in [0.29, 0.717) is 26.3 Å². The van der Waals surface area contributed by atoms with E-state index in [1.54, 1.807) is 7.11 Å². The van der Waals surface area contributed by atoms with Gasteiger partial charge >= 0.3 is 6.03 Å². The molecule has 26 heavy (non-hydrogen) atoms. The van der Waals surface area contributed by atoms with Crippen LogP contribution in [0.15, 0.2) is 34.9 Å². The summed E-state index contributed by atoms with van der Waals surface area (Å²) in [6.07, 6.45) is 0.895. The Morgan fingerprint density at radius 1 is 1.42 bits per heavy atom. The molecule has 140 valence electrons. The smallest absolute Gasteiger partial charge is 0.317 e. The summed E-state index contributed by atoms with van der Waals surface area (Å²) in [6.45, 7) is 4.65. The second-order valence-electron chi connectivity index (χ2n) is 6.40. The van der Waals surface area contributed by atoms with Gasteiger partial charge in [0.1, 0.15) is 11.5 Å². The third-order valence-electron chi connectivity index (χ3n) is 4.50. The molecular weight excluding hydrogens is 334 g/mol. The van der Waals surface area contributed by atoms with Crippen molar-refractivity contribution in [2.45, 2.75) is 25.9 Å². The summed E-state index contributed by atoms with van der Waals surface area (Å²) in [5, 5.41) is 6.82. The number of para-hydroxylation sites is 1. The third kappa shape index (κ3) is 4.54. The molecule has 1 aliphatic rings. The van der Waals surface area contributed by atoms with Crippen LogP contribution < -0.4 is 10.1 Å². The van der Waals surface area contributed by atoms with Crippen molar-refractivity contribution in [3.8, 4) is 5.75 Å². The topological polar surface area (TPSA) is 76.8 Å². The predicted octanol–water partition coefficient (Wildman–Crippen LogP) is 2.71. The highest BCUT2D eigenvalue weighted by atomic mass is 16.5. The first kappa shape index (κ1) is 18.3. The maximum atomic E-state index is 12.3. The summed E-state index contributed by atoms with van der Waals surface area (Å²) in [6, 6.07) is 9.62. The molecule has 1 saturated heterocycles. The van der Waals surface area contributed by atoms with Crippen molar-refractivity contribution in [2.24, 2.45) is 0 Å². The highest BCUT2D eigenvalue weighted by molar-refractivity contribution is 5.74. The number of methoxy groups -OCH3 is 1. The minimum Gasteiger partial charge on any atom is -0.496 e. The number of hydrogen-bond acceptors (Lipinski definition) is 5. The van der Waals surface area contributed by atoms with Crippen LogP contribution in [-0.2, 0) is 11.3 Å². The Labute approximate surface area is 153 Å². The molecule has 1 aliphatic heterocycles. The summed E-state index contributed by atoms with van der Waals surface area (Å²) >= 11 is 0. The zero-order chi connectivity index (χ0) is 18.4. The predicted molar refractivity (Wildman–Crippen MR) is 96.2 cm³/mol. The number of urea groups is 1. The summed E-state index contributed by atoms with van der Waals surface area (Å²) < 4.78 is 16.2. The number of aryl methyl sites for hydroxylation is 1. The number of rotatable bonds is 7. The summed E-state index contributed by atoms with van der Waals surface area (Å²) in [7, 11) is 1.64. The normalized spacial score (nSPS) is 16.7. The van der Waals surface area contributed by atoms with Crippen molar-refractivity contribution < 1.29 is 18.8 Å². The van der Waals surface area contributed by atoms with Gasteiger partial charge in [-0.15, -0.1) is 0 Å². The van der Waals surface area contributed by atoms with Gasteiger partial charge in [0, 0.05) is 37.2 Å². The van der Waals surface area contributed by atoms with Gasteiger partial charge in [-0.3, -0.25) is 0 Å². The lowest BCUT2D eigenvalue weighted by Crippen LogP contribution is -2.39. The fourth-order valence-corrected chi connectivity index (χ4v) is 3.10. The van der Waals surface area contributed by atoms with Crippen LogP contribution in [0.2, 0.25) is 0 Å². The van der Waals surface area contributed by atoms with Crippen LogP contribution in [0.3, 0.4) is 0 Å². The number of amides is 2. The van der Waals surface area contributed by atoms with Crippen LogP contribution in [0.5, 0.6) is 5.75 Å². The zero-order valence-corrected chi connectivity index (χ0v) is 15.2. The molecule has 3 rings (SSSR count). The molecule has 1 aromatic carbocycles. The van der Waals surface area contributed by atoms with Crippen molar-refractivity contribution in [2.75, 3.05) is 33.4 Å². The maximum absolute atomic E-state index is 12.3. The standard InChI is InChI=1S/C19H25N3O4/c1-14-11-18(26-21-14)15-7-9-22(12-15)19(23)20-8-10-25-13-16-5-3-4-6-17(16)24-2/h3-6,11,15H,7-10,12-13H2,1-2H3,(H,20,23). The van der Waals surface area contributed by atoms with Gasteiger partial charge < -0.3 is 24.2 Å². The number of carbonyl (C=O) groups is 1. The van der Waals surface area contributed by atoms with Gasteiger partial charge in [-0.1, -0.05) is 23.4 Å². The largest absolute Gasteiger partial charge is 0.496 e. The van der Waals surface area contributed by atoms with Crippen LogP contribution in [0.4, 0.5) is 4.79 Å². The van der Waals surface area contributed by atoms with Crippen LogP contribution in [0.25, 0.3) is 0 Å². The molecule has 7 heteroatoms. The Kier molecular flexibility index (Phi) is 6.12. The highest BCUT2D eigenvalue weighted by Gasteiger charge is 2.29. The molecule has 0 saturated carbocycles. The Hall–Kier alpha value is -2.54. The lowest BCUT2D eigenvalue weighted by molar-refractivity contribution is 0.120. The fraction of sp³-hybridized carbons (Fsp3) is 0.474. The first-order chi connectivity index (χ1) is 12.7. The van der Waals surface area contributed by atoms with Gasteiger partial charge in [0.25, 0.3) is 0 Å². The molecule has 0 radical (unpaired) electrons. The number of benzene rings is 1. The number of aromatic nitrogens is 1. The molecule has 2 aromatic rings. The van der Waals surface area contributed by atoms with E-state index in [9.17, 15) is 4.79 Å². The number of carbonyl (C=O) groups excluding carboxylic acids is 1. The second kappa shape index (κ2) is 8.71. The van der Waals surface area contributed by atoms with Crippen LogP contribution in [0.1, 0.15) is 29.4 Å². The first-order valence-electron chi connectivity index (χ1n) is 8.83. The lowest BCUT2D eigenvalue weighted by atomic mass is 10.1. The second-order valence-corrected chi connectivity index (χ2v) is 6.40. The van der Waals surface area contributed by atoms with Crippen molar-refractivity contribution in [3.63, 3.8) is 0 Å². The molecule has 1 atom stereocenters. The van der Waals surface area contributed by atoms with Crippen LogP contribution in [-0.4, -0.2) is 49.4 Å². The molecule has 7 nitrogen and oxygen atoms in total. The molecule has 0 bridgehead atoms. The highest BCUT2D eigenvalue weighted by Crippen LogP contribution is 2.27. The van der Waals surface area contributed by atoms with Crippen LogP contribution >= 0.6 is 0 Å². The Morgan fingerprint density at radius 2 is 2.27 bits per heavy atom. The van der Waals surface area contributed by atoms with E-state index in [-0.39, 0.29) is 11.9 Å². The average molecular weight is 359 g/mol. The number of nitrogens with zero attached hydrogens (tertiary/aromatic N) is 2. The third-order valence-corrected chi connectivity index (χ3v) is 4.50. The van der Waals surface area contributed by atoms with E-state index >= 15 is 0 Å². The fourth-order valence-electron chi connectivity index (χ4n) is 3.10. The van der Waals surface area contributed by atoms with Gasteiger partial charge in [-0.25, -0.2) is 4.79 Å². The van der Waals surface area contributed by atoms with Crippen molar-refractivity contribution >= 4 is 6.03 Å². The minimum absolute atomic E-state index is 0.0652. The minimum atomic E-state index is -0.0652. The number of likely N-dealkylation sites (tertiary alicyclic amines) is 1. The molecule has 0 aliphatic carbocycles. The molecule has 0 spiro atoms. The molecule has 1 N–H and O–H groups in total. The van der Waals surface area contributed by atoms with Gasteiger partial charge in [0.2, 0.25) is 0 Å². The SMILES string of the molecule is COc1ccccc1COCCNC(=O)N1CCC(c2cc(C)no2)C1. The average Bonchev–Trinajstić information content (AvgIpc) is 3.30. The quantitative estimate of drug-likeness (QED) is 0.769. The van der Waals surface area contributed by atoms with E-state index < -0.39 is 0 Å². The number of ether oxygens (including phenoxy) is 2. The Balaban J connectivity index is 1.36. The Bertz CT molecular complexity index is 731. The van der Waals surface area contributed by atoms with E-state index in [4.69, 9.17) is 14.0 Å². The van der Waals surface area contributed by atoms with Gasteiger partial charge in [0.15, 0.2) is 0 Å². The summed E-state index contributed by atoms with van der Waals surface area (Å²) in [4.78, 5) is 14.1. The zero-order valence-electron chi connectivity index (χ0n) is 15.2. The van der Waals surface area contributed by atoms with Gasteiger partial charge in [-0.05, 0) is 19.4 Å². The summed E-state index contributed by atoms with van der Waals surface area (Å²) in [5.74, 6) is 1.89. The van der Waals surface area contributed by atoms with Gasteiger partial charge in [-0.2, -0.15) is 0 Å². The van der Waals surface area contributed by atoms with E-state index in [1.165, 1.54) is 0 Å². The van der Waals surface area contributed by atoms with E-state index in [2.05, 4.69) is 10.5 Å².